The van der Waals surface area contributed by atoms with E-state index < -0.39 is 0 Å². The molecule has 2 aliphatic rings. The number of fused-ring (bicyclic) bond motifs is 2. The molecule has 1 aliphatic carbocycles. The molecule has 5 heteroatoms. The van der Waals surface area contributed by atoms with Crippen LogP contribution in [-0.4, -0.2) is 33.3 Å². The number of nitrogens with one attached hydrogen (secondary N) is 1. The highest BCUT2D eigenvalue weighted by atomic mass is 16.2. The fraction of sp³-hybridized carbons (Fsp3) is 0.179. The van der Waals surface area contributed by atoms with Crippen molar-refractivity contribution in [3.05, 3.63) is 101 Å². The number of rotatable bonds is 6. The molecule has 1 aromatic heterocycles. The first-order valence-corrected chi connectivity index (χ1v) is 11.3. The number of amides is 1. The molecule has 1 amide bonds. The molecule has 162 valence electrons. The predicted molar refractivity (Wildman–Crippen MR) is 128 cm³/mol. The highest BCUT2D eigenvalue weighted by Gasteiger charge is 2.31. The third kappa shape index (κ3) is 3.37. The first-order valence-electron chi connectivity index (χ1n) is 11.3. The smallest absolute Gasteiger partial charge is 0.254 e. The van der Waals surface area contributed by atoms with Crippen LogP contribution in [0, 0.1) is 0 Å². The van der Waals surface area contributed by atoms with Gasteiger partial charge in [0.2, 0.25) is 0 Å². The van der Waals surface area contributed by atoms with Crippen molar-refractivity contribution in [2.45, 2.75) is 25.3 Å². The third-order valence-corrected chi connectivity index (χ3v) is 6.65. The molecule has 3 aromatic carbocycles. The van der Waals surface area contributed by atoms with E-state index in [0.29, 0.717) is 29.2 Å². The van der Waals surface area contributed by atoms with Gasteiger partial charge in [0.25, 0.3) is 5.91 Å². The van der Waals surface area contributed by atoms with Crippen LogP contribution in [0.15, 0.2) is 78.9 Å². The normalized spacial score (nSPS) is 15.2. The van der Waals surface area contributed by atoms with E-state index in [1.54, 1.807) is 17.0 Å². The van der Waals surface area contributed by atoms with Gasteiger partial charge in [0.15, 0.2) is 5.78 Å². The molecule has 1 fully saturated rings. The van der Waals surface area contributed by atoms with E-state index in [9.17, 15) is 9.59 Å². The average molecular weight is 434 g/mol. The van der Waals surface area contributed by atoms with Crippen LogP contribution in [0.5, 0.6) is 0 Å². The molecule has 0 atom stereocenters. The minimum atomic E-state index is -0.127. The standard InChI is InChI=1S/C28H23N3O2/c1-17(27(32)19-6-3-2-4-7-19)15-31-16-24-21(8-5-9-22(24)28(31)33)20-12-13-25-23(14-20)26(30-29-25)18-10-11-18/h2-9,12-14,18H,1,10-11,15-16H2,(H,29,30). The zero-order valence-electron chi connectivity index (χ0n) is 18.2. The van der Waals surface area contributed by atoms with Crippen LogP contribution < -0.4 is 0 Å². The Balaban J connectivity index is 1.30. The molecule has 4 aromatic rings. The van der Waals surface area contributed by atoms with Crippen molar-refractivity contribution in [1.82, 2.24) is 15.1 Å². The summed E-state index contributed by atoms with van der Waals surface area (Å²) >= 11 is 0. The van der Waals surface area contributed by atoms with Gasteiger partial charge in [-0.1, -0.05) is 55.1 Å². The maximum absolute atomic E-state index is 13.2. The maximum Gasteiger partial charge on any atom is 0.254 e. The molecule has 0 spiro atoms. The van der Waals surface area contributed by atoms with Gasteiger partial charge in [0, 0.05) is 41.1 Å². The van der Waals surface area contributed by atoms with E-state index in [-0.39, 0.29) is 18.2 Å². The fourth-order valence-corrected chi connectivity index (χ4v) is 4.75. The minimum absolute atomic E-state index is 0.0584. The number of Topliss-reactive ketones (excluding diaryl/α,β-unsaturated/α-hetero) is 1. The zero-order chi connectivity index (χ0) is 22.5. The zero-order valence-corrected chi connectivity index (χ0v) is 18.2. The van der Waals surface area contributed by atoms with Gasteiger partial charge < -0.3 is 4.90 Å². The van der Waals surface area contributed by atoms with Gasteiger partial charge in [0.1, 0.15) is 0 Å². The molecule has 0 bridgehead atoms. The Morgan fingerprint density at radius 3 is 2.61 bits per heavy atom. The van der Waals surface area contributed by atoms with Crippen LogP contribution in [0.2, 0.25) is 0 Å². The van der Waals surface area contributed by atoms with Gasteiger partial charge in [-0.15, -0.1) is 0 Å². The number of aromatic amines is 1. The second-order valence-electron chi connectivity index (χ2n) is 8.94. The Kier molecular flexibility index (Phi) is 4.50. The topological polar surface area (TPSA) is 66.1 Å². The number of aromatic nitrogens is 2. The minimum Gasteiger partial charge on any atom is -0.330 e. The molecule has 33 heavy (non-hydrogen) atoms. The first-order chi connectivity index (χ1) is 16.1. The lowest BCUT2D eigenvalue weighted by atomic mass is 9.95. The third-order valence-electron chi connectivity index (χ3n) is 6.65. The summed E-state index contributed by atoms with van der Waals surface area (Å²) < 4.78 is 0. The van der Waals surface area contributed by atoms with Crippen molar-refractivity contribution in [1.29, 1.82) is 0 Å². The lowest BCUT2D eigenvalue weighted by Crippen LogP contribution is -2.28. The van der Waals surface area contributed by atoms with Crippen LogP contribution in [-0.2, 0) is 6.54 Å². The second-order valence-corrected chi connectivity index (χ2v) is 8.94. The largest absolute Gasteiger partial charge is 0.330 e. The molecule has 2 heterocycles. The van der Waals surface area contributed by atoms with Crippen LogP contribution in [0.1, 0.15) is 50.7 Å². The molecule has 6 rings (SSSR count). The maximum atomic E-state index is 13.2. The highest BCUT2D eigenvalue weighted by Crippen LogP contribution is 2.43. The Morgan fingerprint density at radius 2 is 1.82 bits per heavy atom. The average Bonchev–Trinajstić information content (AvgIpc) is 3.53. The molecule has 1 saturated carbocycles. The summed E-state index contributed by atoms with van der Waals surface area (Å²) in [6.45, 7) is 4.66. The van der Waals surface area contributed by atoms with Gasteiger partial charge in [0.05, 0.1) is 11.2 Å². The summed E-state index contributed by atoms with van der Waals surface area (Å²) in [5.41, 5.74) is 7.02. The van der Waals surface area contributed by atoms with Crippen molar-refractivity contribution < 1.29 is 9.59 Å². The Labute approximate surface area is 191 Å². The monoisotopic (exact) mass is 433 g/mol. The van der Waals surface area contributed by atoms with Gasteiger partial charge in [-0.3, -0.25) is 14.7 Å². The van der Waals surface area contributed by atoms with Crippen LogP contribution in [0.3, 0.4) is 0 Å². The van der Waals surface area contributed by atoms with E-state index in [1.165, 1.54) is 12.8 Å². The number of benzene rings is 3. The van der Waals surface area contributed by atoms with E-state index in [0.717, 1.165) is 33.3 Å². The van der Waals surface area contributed by atoms with Crippen LogP contribution in [0.25, 0.3) is 22.0 Å². The number of hydrogen-bond acceptors (Lipinski definition) is 3. The summed E-state index contributed by atoms with van der Waals surface area (Å²) in [5, 5.41) is 8.84. The molecule has 1 aliphatic heterocycles. The van der Waals surface area contributed by atoms with E-state index in [1.807, 2.05) is 30.3 Å². The van der Waals surface area contributed by atoms with E-state index in [4.69, 9.17) is 0 Å². The number of hydrogen-bond donors (Lipinski definition) is 1. The van der Waals surface area contributed by atoms with Crippen molar-refractivity contribution in [3.8, 4) is 11.1 Å². The Bertz CT molecular complexity index is 1430. The van der Waals surface area contributed by atoms with Crippen molar-refractivity contribution in [3.63, 3.8) is 0 Å². The molecular weight excluding hydrogens is 410 g/mol. The summed E-state index contributed by atoms with van der Waals surface area (Å²) in [5.74, 6) is 0.371. The summed E-state index contributed by atoms with van der Waals surface area (Å²) in [7, 11) is 0. The fourth-order valence-electron chi connectivity index (χ4n) is 4.75. The Hall–Kier alpha value is -3.99. The predicted octanol–water partition coefficient (Wildman–Crippen LogP) is 5.50. The number of nitrogens with zero attached hydrogens (tertiary/aromatic N) is 2. The van der Waals surface area contributed by atoms with Gasteiger partial charge in [-0.05, 0) is 47.7 Å². The van der Waals surface area contributed by atoms with Crippen LogP contribution >= 0.6 is 0 Å². The molecule has 0 radical (unpaired) electrons. The first kappa shape index (κ1) is 19.7. The number of carbonyl (C=O) groups is 2. The quantitative estimate of drug-likeness (QED) is 0.322. The second kappa shape index (κ2) is 7.55. The summed E-state index contributed by atoms with van der Waals surface area (Å²) in [4.78, 5) is 27.6. The molecule has 5 nitrogen and oxygen atoms in total. The summed E-state index contributed by atoms with van der Waals surface area (Å²) in [6.07, 6.45) is 2.39. The molecule has 0 saturated heterocycles. The van der Waals surface area contributed by atoms with Crippen molar-refractivity contribution in [2.75, 3.05) is 6.54 Å². The SMILES string of the molecule is C=C(CN1Cc2c(cccc2-c2ccc3[nH]nc(C4CC4)c3c2)C1=O)C(=O)c1ccccc1. The number of carbonyl (C=O) groups excluding carboxylic acids is 2. The summed E-state index contributed by atoms with van der Waals surface area (Å²) in [6, 6.07) is 21.3. The van der Waals surface area contributed by atoms with Gasteiger partial charge >= 0.3 is 0 Å². The molecule has 0 unspecified atom stereocenters. The lowest BCUT2D eigenvalue weighted by Gasteiger charge is -2.17. The van der Waals surface area contributed by atoms with Crippen molar-refractivity contribution >= 4 is 22.6 Å². The Morgan fingerprint density at radius 1 is 1.03 bits per heavy atom. The highest BCUT2D eigenvalue weighted by molar-refractivity contribution is 6.09. The lowest BCUT2D eigenvalue weighted by molar-refractivity contribution is 0.0788. The molecule has 1 N–H and O–H groups in total. The van der Waals surface area contributed by atoms with E-state index >= 15 is 0 Å². The number of H-pyrrole nitrogens is 1. The molecular formula is C28H23N3O2. The van der Waals surface area contributed by atoms with Crippen molar-refractivity contribution in [2.24, 2.45) is 0 Å². The van der Waals surface area contributed by atoms with Crippen LogP contribution in [0.4, 0.5) is 0 Å². The van der Waals surface area contributed by atoms with E-state index in [2.05, 4.69) is 41.0 Å². The number of ketones is 1. The van der Waals surface area contributed by atoms with Gasteiger partial charge in [-0.2, -0.15) is 5.10 Å². The van der Waals surface area contributed by atoms with Gasteiger partial charge in [-0.25, -0.2) is 0 Å².